The molecule has 0 aliphatic heterocycles. The van der Waals surface area contributed by atoms with E-state index in [0.717, 1.165) is 19.3 Å². The maximum atomic E-state index is 12.8. The van der Waals surface area contributed by atoms with Crippen molar-refractivity contribution < 1.29 is 32.0 Å². The molecule has 0 N–H and O–H groups in total. The average molecular weight is 679 g/mol. The molecule has 0 amide bonds. The van der Waals surface area contributed by atoms with Crippen LogP contribution in [0.1, 0.15) is 64.7 Å². The van der Waals surface area contributed by atoms with Crippen molar-refractivity contribution in [2.75, 3.05) is 26.6 Å². The minimum Gasteiger partial charge on any atom is -0.748 e. The summed E-state index contributed by atoms with van der Waals surface area (Å²) in [5.41, 5.74) is 1.05. The molecule has 1 aliphatic carbocycles. The fourth-order valence-electron chi connectivity index (χ4n) is 6.09. The minimum atomic E-state index is -3.92. The van der Waals surface area contributed by atoms with E-state index in [4.69, 9.17) is 22.4 Å². The molecule has 0 atom stereocenters. The number of ketones is 2. The zero-order valence-electron chi connectivity index (χ0n) is 27.9. The van der Waals surface area contributed by atoms with Gasteiger partial charge in [-0.2, -0.15) is 0 Å². The lowest BCUT2D eigenvalue weighted by Crippen LogP contribution is -2.33. The summed E-state index contributed by atoms with van der Waals surface area (Å²) in [4.78, 5) is 25.4. The van der Waals surface area contributed by atoms with Crippen molar-refractivity contribution in [3.63, 3.8) is 0 Å². The van der Waals surface area contributed by atoms with Gasteiger partial charge in [0.1, 0.15) is 23.2 Å². The first-order valence-electron chi connectivity index (χ1n) is 16.1. The molecule has 47 heavy (non-hydrogen) atoms. The van der Waals surface area contributed by atoms with Gasteiger partial charge in [0.05, 0.1) is 30.5 Å². The highest BCUT2D eigenvalue weighted by molar-refractivity contribution is 7.95. The Morgan fingerprint density at radius 1 is 0.596 bits per heavy atom. The van der Waals surface area contributed by atoms with Crippen LogP contribution in [-0.2, 0) is 29.2 Å². The molecule has 3 aromatic rings. The van der Waals surface area contributed by atoms with E-state index in [2.05, 4.69) is 91.0 Å². The van der Waals surface area contributed by atoms with Crippen molar-refractivity contribution >= 4 is 44.9 Å². The van der Waals surface area contributed by atoms with Crippen molar-refractivity contribution in [3.8, 4) is 0 Å². The van der Waals surface area contributed by atoms with Gasteiger partial charge in [-0.15, -0.1) is 0 Å². The van der Waals surface area contributed by atoms with E-state index in [9.17, 15) is 9.59 Å². The summed E-state index contributed by atoms with van der Waals surface area (Å²) in [5, 5.41) is 4.37. The minimum absolute atomic E-state index is 0.0134. The summed E-state index contributed by atoms with van der Waals surface area (Å²) in [6, 6.07) is 33.4. The fourth-order valence-corrected chi connectivity index (χ4v) is 10.5. The number of methoxy groups -OCH3 is 2. The first kappa shape index (κ1) is 37.9. The molecule has 9 heteroatoms. The number of carbonyl (C=O) groups is 2. The molecule has 7 nitrogen and oxygen atoms in total. The van der Waals surface area contributed by atoms with E-state index < -0.39 is 17.4 Å². The second kappa shape index (κ2) is 18.7. The van der Waals surface area contributed by atoms with Crippen molar-refractivity contribution in [1.82, 2.24) is 0 Å². The number of ether oxygens (including phenoxy) is 2. The van der Waals surface area contributed by atoms with E-state index in [-0.39, 0.29) is 23.1 Å². The van der Waals surface area contributed by atoms with Gasteiger partial charge in [0.15, 0.2) is 0 Å². The molecule has 0 unspecified atom stereocenters. The number of unbranched alkanes of at least 4 members (excludes halogenated alkanes) is 7. The predicted molar refractivity (Wildman–Crippen MR) is 191 cm³/mol. The number of hydrogen-bond donors (Lipinski definition) is 0. The van der Waals surface area contributed by atoms with Gasteiger partial charge in [-0.1, -0.05) is 86.7 Å². The van der Waals surface area contributed by atoms with Gasteiger partial charge in [0, 0.05) is 17.4 Å². The Bertz CT molecular complexity index is 1510. The lowest BCUT2D eigenvalue weighted by molar-refractivity contribution is -0.121. The normalized spacial score (nSPS) is 13.7. The molecule has 0 bridgehead atoms. The number of carbonyl (C=O) groups excluding carboxylic acids is 2. The summed E-state index contributed by atoms with van der Waals surface area (Å²) in [7, 11) is -2.86. The van der Waals surface area contributed by atoms with E-state index in [1.165, 1.54) is 68.4 Å². The monoisotopic (exact) mass is 678 g/mol. The fraction of sp³-hybridized carbons (Fsp3) is 0.368. The molecular weight excluding hydrogens is 631 g/mol. The lowest BCUT2D eigenvalue weighted by Gasteiger charge is -2.27. The summed E-state index contributed by atoms with van der Waals surface area (Å²) in [5.74, 6) is -0.421. The number of Topliss-reactive ketones (excluding diaryl/α,β-unsaturated/α-hetero) is 2. The number of rotatable bonds is 16. The van der Waals surface area contributed by atoms with Crippen LogP contribution in [0, 0.1) is 0 Å². The van der Waals surface area contributed by atoms with Crippen LogP contribution in [0.3, 0.4) is 0 Å². The Hall–Kier alpha value is -3.58. The Balaban J connectivity index is 0.00000111. The van der Waals surface area contributed by atoms with Crippen LogP contribution in [-0.4, -0.2) is 51.2 Å². The van der Waals surface area contributed by atoms with Crippen molar-refractivity contribution in [2.24, 2.45) is 0 Å². The molecule has 0 saturated heterocycles. The zero-order valence-corrected chi connectivity index (χ0v) is 29.7. The van der Waals surface area contributed by atoms with E-state index in [0.29, 0.717) is 23.8 Å². The lowest BCUT2D eigenvalue weighted by atomic mass is 9.89. The zero-order chi connectivity index (χ0) is 34.3. The van der Waals surface area contributed by atoms with Crippen LogP contribution in [0.2, 0.25) is 0 Å². The van der Waals surface area contributed by atoms with Gasteiger partial charge in [-0.05, 0) is 69.0 Å². The summed E-state index contributed by atoms with van der Waals surface area (Å²) < 4.78 is 37.6. The topological polar surface area (TPSA) is 110 Å². The molecule has 0 fully saturated rings. The largest absolute Gasteiger partial charge is 0.748 e. The quantitative estimate of drug-likeness (QED) is 0.0725. The van der Waals surface area contributed by atoms with E-state index in [1.54, 1.807) is 6.92 Å². The van der Waals surface area contributed by atoms with Gasteiger partial charge in [0.2, 0.25) is 23.1 Å². The summed E-state index contributed by atoms with van der Waals surface area (Å²) in [6.45, 7) is 1.71. The van der Waals surface area contributed by atoms with Crippen LogP contribution in [0.5, 0.6) is 0 Å². The molecule has 4 rings (SSSR count). The second-order valence-electron chi connectivity index (χ2n) is 11.7. The van der Waals surface area contributed by atoms with Crippen molar-refractivity contribution in [2.45, 2.75) is 64.7 Å². The third kappa shape index (κ3) is 10.7. The van der Waals surface area contributed by atoms with Gasteiger partial charge >= 0.3 is 0 Å². The summed E-state index contributed by atoms with van der Waals surface area (Å²) >= 11 is 0. The second-order valence-corrected chi connectivity index (χ2v) is 16.7. The summed E-state index contributed by atoms with van der Waals surface area (Å²) in [6.07, 6.45) is 11.5. The Morgan fingerprint density at radius 3 is 1.32 bits per heavy atom. The van der Waals surface area contributed by atoms with Gasteiger partial charge < -0.3 is 14.0 Å². The molecule has 252 valence electrons. The number of benzene rings is 3. The van der Waals surface area contributed by atoms with Crippen LogP contribution in [0.4, 0.5) is 0 Å². The van der Waals surface area contributed by atoms with E-state index >= 15 is 0 Å². The standard InChI is InChI=1S/C37H44O4P.CH4O3S/c1-29-33(35(39)37(41-3)36(40-2)34(29)38)27-19-8-6-4-5-7-9-20-28-42(30-21-13-10-14-22-30,31-23-15-11-16-24-31)32-25-17-12-18-26-32;1-5(2,3)4/h10-18,21-26H,4-9,19-20,27-28H2,1-3H3;1H3,(H,2,3,4)/q+1;/p-1. The van der Waals surface area contributed by atoms with Gasteiger partial charge in [-0.25, -0.2) is 8.42 Å². The number of allylic oxidation sites excluding steroid dienone is 2. The molecule has 0 aromatic heterocycles. The third-order valence-electron chi connectivity index (χ3n) is 8.36. The maximum Gasteiger partial charge on any atom is 0.228 e. The van der Waals surface area contributed by atoms with E-state index in [1.807, 2.05) is 0 Å². The number of hydrogen-bond acceptors (Lipinski definition) is 7. The molecule has 0 saturated carbocycles. The highest BCUT2D eigenvalue weighted by Crippen LogP contribution is 2.56. The highest BCUT2D eigenvalue weighted by Gasteiger charge is 2.44. The predicted octanol–water partition coefficient (Wildman–Crippen LogP) is 6.63. The van der Waals surface area contributed by atoms with Crippen molar-refractivity contribution in [3.05, 3.63) is 114 Å². The van der Waals surface area contributed by atoms with Gasteiger partial charge in [0.25, 0.3) is 0 Å². The van der Waals surface area contributed by atoms with Crippen LogP contribution in [0.25, 0.3) is 0 Å². The van der Waals surface area contributed by atoms with Crippen LogP contribution < -0.4 is 15.9 Å². The van der Waals surface area contributed by atoms with Gasteiger partial charge in [-0.3, -0.25) is 9.59 Å². The first-order chi connectivity index (χ1) is 22.5. The average Bonchev–Trinajstić information content (AvgIpc) is 3.07. The smallest absolute Gasteiger partial charge is 0.228 e. The Labute approximate surface area is 281 Å². The maximum absolute atomic E-state index is 12.8. The Kier molecular flexibility index (Phi) is 15.1. The molecule has 3 aromatic carbocycles. The molecule has 1 aliphatic rings. The third-order valence-corrected chi connectivity index (χ3v) is 12.9. The molecule has 0 radical (unpaired) electrons. The molecular formula is C38H47O7PS. The first-order valence-corrected chi connectivity index (χ1v) is 19.9. The van der Waals surface area contributed by atoms with Crippen LogP contribution in [0.15, 0.2) is 114 Å². The highest BCUT2D eigenvalue weighted by atomic mass is 32.2. The SMILES string of the molecule is COC1=C(OC)C(=O)C(CCCCCCCCCC[P+](c2ccccc2)(c2ccccc2)c2ccccc2)=C(C)C1=O.CS(=O)(=O)[O-]. The van der Waals surface area contributed by atoms with Crippen molar-refractivity contribution in [1.29, 1.82) is 0 Å². The molecule has 0 heterocycles. The van der Waals surface area contributed by atoms with Crippen LogP contribution >= 0.6 is 7.26 Å². The molecule has 0 spiro atoms. The Morgan fingerprint density at radius 2 is 0.936 bits per heavy atom.